The third-order valence-corrected chi connectivity index (χ3v) is 5.55. The van der Waals surface area contributed by atoms with Crippen molar-refractivity contribution in [3.05, 3.63) is 81.4 Å². The molecule has 0 aliphatic carbocycles. The fraction of sp³-hybridized carbons (Fsp3) is 0.217. The highest BCUT2D eigenvalue weighted by molar-refractivity contribution is 5.58. The van der Waals surface area contributed by atoms with Gasteiger partial charge in [-0.1, -0.05) is 18.2 Å². The van der Waals surface area contributed by atoms with Gasteiger partial charge in [-0.05, 0) is 79.3 Å². The second-order valence-electron chi connectivity index (χ2n) is 7.02. The van der Waals surface area contributed by atoms with Crippen molar-refractivity contribution in [3.63, 3.8) is 0 Å². The maximum absolute atomic E-state index is 10.6. The van der Waals surface area contributed by atoms with Gasteiger partial charge >= 0.3 is 0 Å². The van der Waals surface area contributed by atoms with Crippen LogP contribution in [0.3, 0.4) is 0 Å². The smallest absolute Gasteiger partial charge is 0.123 e. The third kappa shape index (κ3) is 3.19. The first-order valence-corrected chi connectivity index (χ1v) is 8.82. The molecule has 0 spiro atoms. The van der Waals surface area contributed by atoms with Crippen LogP contribution in [0.4, 0.5) is 0 Å². The first-order valence-electron chi connectivity index (χ1n) is 8.82. The molecule has 0 aromatic heterocycles. The minimum absolute atomic E-state index is 0.00439. The van der Waals surface area contributed by atoms with E-state index in [1.165, 1.54) is 6.07 Å². The normalized spacial score (nSPS) is 11.1. The predicted molar refractivity (Wildman–Crippen MR) is 106 cm³/mol. The Kier molecular flexibility index (Phi) is 4.75. The Morgan fingerprint density at radius 2 is 0.963 bits per heavy atom. The van der Waals surface area contributed by atoms with Crippen molar-refractivity contribution in [3.8, 4) is 23.0 Å². The second-order valence-corrected chi connectivity index (χ2v) is 7.02. The summed E-state index contributed by atoms with van der Waals surface area (Å²) in [5.74, 6) is 0.124. The van der Waals surface area contributed by atoms with E-state index in [1.807, 2.05) is 39.8 Å². The number of hydrogen-bond acceptors (Lipinski definition) is 4. The van der Waals surface area contributed by atoms with Gasteiger partial charge in [-0.15, -0.1) is 0 Å². The van der Waals surface area contributed by atoms with E-state index >= 15 is 0 Å². The summed E-state index contributed by atoms with van der Waals surface area (Å²) in [5, 5.41) is 40.4. The van der Waals surface area contributed by atoms with Gasteiger partial charge in [0.15, 0.2) is 0 Å². The van der Waals surface area contributed by atoms with Gasteiger partial charge in [0.25, 0.3) is 0 Å². The molecule has 0 atom stereocenters. The van der Waals surface area contributed by atoms with E-state index in [1.54, 1.807) is 24.3 Å². The van der Waals surface area contributed by atoms with Crippen molar-refractivity contribution in [1.29, 1.82) is 0 Å². The summed E-state index contributed by atoms with van der Waals surface area (Å²) in [6.07, 6.45) is 0. The Morgan fingerprint density at radius 1 is 0.519 bits per heavy atom. The summed E-state index contributed by atoms with van der Waals surface area (Å²) in [6.45, 7) is 7.60. The molecule has 0 aliphatic heterocycles. The van der Waals surface area contributed by atoms with Crippen molar-refractivity contribution in [2.45, 2.75) is 33.6 Å². The summed E-state index contributed by atoms with van der Waals surface area (Å²) in [4.78, 5) is 0. The molecule has 0 aliphatic rings. The molecule has 0 amide bonds. The maximum Gasteiger partial charge on any atom is 0.123 e. The van der Waals surface area contributed by atoms with E-state index < -0.39 is 0 Å². The molecule has 3 aromatic carbocycles. The molecule has 0 radical (unpaired) electrons. The minimum Gasteiger partial charge on any atom is -0.508 e. The van der Waals surface area contributed by atoms with Gasteiger partial charge in [-0.25, -0.2) is 0 Å². The molecule has 4 heteroatoms. The molecule has 0 fully saturated rings. The first-order chi connectivity index (χ1) is 12.7. The average molecular weight is 364 g/mol. The van der Waals surface area contributed by atoms with Crippen molar-refractivity contribution in [1.82, 2.24) is 0 Å². The standard InChI is InChI=1S/C23H24O4/c1-12-14(3)20(25)9-7-17(12)23(19-6-5-16(24)11-22(19)27)18-8-10-21(26)15(4)13(18)2/h5-11,23-27H,1-4H3. The summed E-state index contributed by atoms with van der Waals surface area (Å²) in [6, 6.07) is 11.6. The Bertz CT molecular complexity index is 964. The lowest BCUT2D eigenvalue weighted by Crippen LogP contribution is -2.09. The van der Waals surface area contributed by atoms with Crippen molar-refractivity contribution >= 4 is 0 Å². The summed E-state index contributed by atoms with van der Waals surface area (Å²) in [5.41, 5.74) is 5.95. The van der Waals surface area contributed by atoms with Gasteiger partial charge in [-0.3, -0.25) is 0 Å². The van der Waals surface area contributed by atoms with Gasteiger partial charge < -0.3 is 20.4 Å². The zero-order valence-electron chi connectivity index (χ0n) is 15.9. The second kappa shape index (κ2) is 6.88. The van der Waals surface area contributed by atoms with Crippen LogP contribution in [0.1, 0.15) is 44.9 Å². The van der Waals surface area contributed by atoms with Gasteiger partial charge in [0.05, 0.1) is 0 Å². The van der Waals surface area contributed by atoms with Crippen LogP contribution in [-0.4, -0.2) is 20.4 Å². The lowest BCUT2D eigenvalue weighted by molar-refractivity contribution is 0.445. The van der Waals surface area contributed by atoms with Crippen molar-refractivity contribution in [2.75, 3.05) is 0 Å². The molecule has 4 nitrogen and oxygen atoms in total. The zero-order chi connectivity index (χ0) is 19.9. The highest BCUT2D eigenvalue weighted by Crippen LogP contribution is 2.43. The van der Waals surface area contributed by atoms with Gasteiger partial charge in [0.2, 0.25) is 0 Å². The van der Waals surface area contributed by atoms with Gasteiger partial charge in [-0.2, -0.15) is 0 Å². The van der Waals surface area contributed by atoms with Crippen LogP contribution in [0, 0.1) is 27.7 Å². The lowest BCUT2D eigenvalue weighted by Gasteiger charge is -2.25. The molecule has 0 bridgehead atoms. The van der Waals surface area contributed by atoms with E-state index in [0.29, 0.717) is 5.56 Å². The van der Waals surface area contributed by atoms with E-state index in [0.717, 1.165) is 33.4 Å². The summed E-state index contributed by atoms with van der Waals surface area (Å²) >= 11 is 0. The molecule has 140 valence electrons. The van der Waals surface area contributed by atoms with E-state index in [4.69, 9.17) is 0 Å². The van der Waals surface area contributed by atoms with E-state index in [2.05, 4.69) is 0 Å². The monoisotopic (exact) mass is 364 g/mol. The molecule has 3 rings (SSSR count). The molecule has 4 N–H and O–H groups in total. The first kappa shape index (κ1) is 18.6. The molecular weight excluding hydrogens is 340 g/mol. The van der Waals surface area contributed by atoms with E-state index in [9.17, 15) is 20.4 Å². The van der Waals surface area contributed by atoms with Crippen LogP contribution < -0.4 is 0 Å². The molecule has 27 heavy (non-hydrogen) atoms. The van der Waals surface area contributed by atoms with Crippen molar-refractivity contribution in [2.24, 2.45) is 0 Å². The fourth-order valence-electron chi connectivity index (χ4n) is 3.56. The summed E-state index contributed by atoms with van der Waals surface area (Å²) < 4.78 is 0. The Morgan fingerprint density at radius 3 is 1.41 bits per heavy atom. The number of phenols is 4. The van der Waals surface area contributed by atoms with Crippen LogP contribution in [0.5, 0.6) is 23.0 Å². The number of aromatic hydroxyl groups is 4. The Hall–Kier alpha value is -3.14. The average Bonchev–Trinajstić information content (AvgIpc) is 2.62. The molecule has 0 saturated heterocycles. The SMILES string of the molecule is Cc1c(O)ccc(C(c2ccc(O)cc2O)c2ccc(O)c(C)c2C)c1C. The van der Waals surface area contributed by atoms with Crippen LogP contribution >= 0.6 is 0 Å². The molecule has 0 unspecified atom stereocenters. The Balaban J connectivity index is 2.35. The predicted octanol–water partition coefficient (Wildman–Crippen LogP) is 4.92. The van der Waals surface area contributed by atoms with Crippen LogP contribution in [-0.2, 0) is 0 Å². The largest absolute Gasteiger partial charge is 0.508 e. The fourth-order valence-corrected chi connectivity index (χ4v) is 3.56. The molecule has 0 saturated carbocycles. The maximum atomic E-state index is 10.6. The molecule has 0 heterocycles. The topological polar surface area (TPSA) is 80.9 Å². The quantitative estimate of drug-likeness (QED) is 0.497. The van der Waals surface area contributed by atoms with Crippen molar-refractivity contribution < 1.29 is 20.4 Å². The van der Waals surface area contributed by atoms with Crippen LogP contribution in [0.25, 0.3) is 0 Å². The van der Waals surface area contributed by atoms with Gasteiger partial charge in [0.1, 0.15) is 23.0 Å². The zero-order valence-corrected chi connectivity index (χ0v) is 15.9. The number of rotatable bonds is 3. The third-order valence-electron chi connectivity index (χ3n) is 5.55. The Labute approximate surface area is 159 Å². The minimum atomic E-state index is -0.316. The highest BCUT2D eigenvalue weighted by Gasteiger charge is 2.25. The highest BCUT2D eigenvalue weighted by atomic mass is 16.3. The van der Waals surface area contributed by atoms with Gasteiger partial charge in [0, 0.05) is 17.5 Å². The van der Waals surface area contributed by atoms with Crippen LogP contribution in [0.2, 0.25) is 0 Å². The lowest BCUT2D eigenvalue weighted by atomic mass is 9.79. The number of hydrogen-bond donors (Lipinski definition) is 4. The van der Waals surface area contributed by atoms with E-state index in [-0.39, 0.29) is 28.9 Å². The molecular formula is C23H24O4. The van der Waals surface area contributed by atoms with Crippen LogP contribution in [0.15, 0.2) is 42.5 Å². The summed E-state index contributed by atoms with van der Waals surface area (Å²) in [7, 11) is 0. The molecule has 3 aromatic rings. The number of phenolic OH excluding ortho intramolecular Hbond substituents is 4. The number of benzene rings is 3.